The number of amides is 1. The first-order valence-corrected chi connectivity index (χ1v) is 8.49. The molecule has 0 bridgehead atoms. The first-order valence-electron chi connectivity index (χ1n) is 8.49. The SMILES string of the molecule is CC(=O)c1ccc(NC(=O)O[C@@H](c2ccc(O)c(F)c2)[C@@H](C)CCO)cc1. The lowest BCUT2D eigenvalue weighted by molar-refractivity contribution is 0.0665. The van der Waals surface area contributed by atoms with Crippen LogP contribution in [0.15, 0.2) is 42.5 Å². The Morgan fingerprint density at radius 3 is 2.41 bits per heavy atom. The van der Waals surface area contributed by atoms with E-state index in [9.17, 15) is 24.2 Å². The number of rotatable bonds is 7. The van der Waals surface area contributed by atoms with E-state index in [4.69, 9.17) is 4.74 Å². The maximum atomic E-state index is 13.7. The third-order valence-electron chi connectivity index (χ3n) is 4.17. The van der Waals surface area contributed by atoms with Crippen LogP contribution in [0.1, 0.15) is 42.3 Å². The van der Waals surface area contributed by atoms with Crippen molar-refractivity contribution in [2.45, 2.75) is 26.4 Å². The number of carbonyl (C=O) groups excluding carboxylic acids is 2. The molecule has 0 saturated carbocycles. The number of hydrogen-bond acceptors (Lipinski definition) is 5. The lowest BCUT2D eigenvalue weighted by atomic mass is 9.94. The Morgan fingerprint density at radius 2 is 1.85 bits per heavy atom. The molecule has 0 unspecified atom stereocenters. The smallest absolute Gasteiger partial charge is 0.412 e. The summed E-state index contributed by atoms with van der Waals surface area (Å²) in [7, 11) is 0. The fraction of sp³-hybridized carbons (Fsp3) is 0.300. The molecule has 1 amide bonds. The number of carbonyl (C=O) groups is 2. The number of Topliss-reactive ketones (excluding diaryl/α,β-unsaturated/α-hetero) is 1. The van der Waals surface area contributed by atoms with E-state index in [2.05, 4.69) is 5.32 Å². The molecule has 0 radical (unpaired) electrons. The minimum Gasteiger partial charge on any atom is -0.505 e. The molecule has 2 atom stereocenters. The quantitative estimate of drug-likeness (QED) is 0.635. The van der Waals surface area contributed by atoms with Gasteiger partial charge < -0.3 is 14.9 Å². The van der Waals surface area contributed by atoms with Crippen molar-refractivity contribution in [3.8, 4) is 5.75 Å². The molecule has 0 aliphatic carbocycles. The Balaban J connectivity index is 2.14. The summed E-state index contributed by atoms with van der Waals surface area (Å²) in [6, 6.07) is 10.1. The van der Waals surface area contributed by atoms with Gasteiger partial charge in [0.15, 0.2) is 17.3 Å². The van der Waals surface area contributed by atoms with Gasteiger partial charge in [0.25, 0.3) is 0 Å². The second kappa shape index (κ2) is 9.14. The van der Waals surface area contributed by atoms with E-state index in [0.717, 1.165) is 6.07 Å². The van der Waals surface area contributed by atoms with Gasteiger partial charge >= 0.3 is 6.09 Å². The van der Waals surface area contributed by atoms with Crippen LogP contribution in [-0.2, 0) is 4.74 Å². The Labute approximate surface area is 156 Å². The molecular weight excluding hydrogens is 353 g/mol. The highest BCUT2D eigenvalue weighted by Gasteiger charge is 2.24. The minimum absolute atomic E-state index is 0.0867. The lowest BCUT2D eigenvalue weighted by Gasteiger charge is -2.24. The highest BCUT2D eigenvalue weighted by Crippen LogP contribution is 2.31. The monoisotopic (exact) mass is 375 g/mol. The second-order valence-corrected chi connectivity index (χ2v) is 6.28. The van der Waals surface area contributed by atoms with Crippen molar-refractivity contribution >= 4 is 17.6 Å². The van der Waals surface area contributed by atoms with Crippen molar-refractivity contribution in [2.24, 2.45) is 5.92 Å². The van der Waals surface area contributed by atoms with Gasteiger partial charge in [-0.2, -0.15) is 0 Å². The number of hydrogen-bond donors (Lipinski definition) is 3. The number of ether oxygens (including phenoxy) is 1. The van der Waals surface area contributed by atoms with Crippen molar-refractivity contribution in [3.63, 3.8) is 0 Å². The fourth-order valence-electron chi connectivity index (χ4n) is 2.62. The Bertz CT molecular complexity index is 807. The van der Waals surface area contributed by atoms with Crippen molar-refractivity contribution in [1.82, 2.24) is 0 Å². The van der Waals surface area contributed by atoms with Gasteiger partial charge in [-0.3, -0.25) is 10.1 Å². The van der Waals surface area contributed by atoms with Crippen LogP contribution in [0, 0.1) is 11.7 Å². The molecule has 6 nitrogen and oxygen atoms in total. The molecule has 144 valence electrons. The summed E-state index contributed by atoms with van der Waals surface area (Å²) in [5, 5.41) is 21.1. The highest BCUT2D eigenvalue weighted by molar-refractivity contribution is 5.94. The summed E-state index contributed by atoms with van der Waals surface area (Å²) in [5.41, 5.74) is 1.33. The minimum atomic E-state index is -0.822. The van der Waals surface area contributed by atoms with Crippen LogP contribution >= 0.6 is 0 Å². The maximum Gasteiger partial charge on any atom is 0.412 e. The number of anilines is 1. The number of aliphatic hydroxyl groups is 1. The van der Waals surface area contributed by atoms with E-state index in [1.54, 1.807) is 31.2 Å². The van der Waals surface area contributed by atoms with Crippen LogP contribution < -0.4 is 5.32 Å². The van der Waals surface area contributed by atoms with Crippen LogP contribution in [0.2, 0.25) is 0 Å². The molecule has 2 rings (SSSR count). The topological polar surface area (TPSA) is 95.9 Å². The Hall–Kier alpha value is -2.93. The van der Waals surface area contributed by atoms with Crippen LogP contribution in [0.25, 0.3) is 0 Å². The van der Waals surface area contributed by atoms with Gasteiger partial charge in [-0.15, -0.1) is 0 Å². The predicted molar refractivity (Wildman–Crippen MR) is 98.2 cm³/mol. The van der Waals surface area contributed by atoms with Gasteiger partial charge in [-0.25, -0.2) is 9.18 Å². The number of benzene rings is 2. The van der Waals surface area contributed by atoms with Gasteiger partial charge in [-0.1, -0.05) is 13.0 Å². The number of phenols is 1. The van der Waals surface area contributed by atoms with Crippen LogP contribution in [0.5, 0.6) is 5.75 Å². The Morgan fingerprint density at radius 1 is 1.19 bits per heavy atom. The third-order valence-corrected chi connectivity index (χ3v) is 4.17. The third kappa shape index (κ3) is 5.52. The summed E-state index contributed by atoms with van der Waals surface area (Å²) in [4.78, 5) is 23.6. The molecule has 7 heteroatoms. The number of ketones is 1. The molecule has 0 heterocycles. The predicted octanol–water partition coefficient (Wildman–Crippen LogP) is 4.04. The van der Waals surface area contributed by atoms with Gasteiger partial charge in [-0.05, 0) is 61.2 Å². The van der Waals surface area contributed by atoms with Crippen molar-refractivity contribution in [2.75, 3.05) is 11.9 Å². The molecule has 0 spiro atoms. The number of aromatic hydroxyl groups is 1. The number of halogens is 1. The molecule has 0 saturated heterocycles. The Kier molecular flexibility index (Phi) is 6.90. The van der Waals surface area contributed by atoms with Gasteiger partial charge in [0.05, 0.1) is 0 Å². The van der Waals surface area contributed by atoms with Crippen LogP contribution in [0.3, 0.4) is 0 Å². The molecule has 2 aromatic rings. The molecule has 0 aliphatic heterocycles. The van der Waals surface area contributed by atoms with Gasteiger partial charge in [0, 0.05) is 17.9 Å². The van der Waals surface area contributed by atoms with E-state index in [-0.39, 0.29) is 18.3 Å². The van der Waals surface area contributed by atoms with Gasteiger partial charge in [0.2, 0.25) is 0 Å². The van der Waals surface area contributed by atoms with Crippen molar-refractivity contribution in [1.29, 1.82) is 0 Å². The summed E-state index contributed by atoms with van der Waals surface area (Å²) < 4.78 is 19.1. The summed E-state index contributed by atoms with van der Waals surface area (Å²) in [5.74, 6) is -1.69. The number of nitrogens with one attached hydrogen (secondary N) is 1. The summed E-state index contributed by atoms with van der Waals surface area (Å²) in [6.07, 6.45) is -1.23. The van der Waals surface area contributed by atoms with E-state index >= 15 is 0 Å². The number of aliphatic hydroxyl groups excluding tert-OH is 1. The molecule has 27 heavy (non-hydrogen) atoms. The zero-order chi connectivity index (χ0) is 20.0. The second-order valence-electron chi connectivity index (χ2n) is 6.28. The molecule has 2 aromatic carbocycles. The summed E-state index contributed by atoms with van der Waals surface area (Å²) >= 11 is 0. The zero-order valence-corrected chi connectivity index (χ0v) is 15.1. The fourth-order valence-corrected chi connectivity index (χ4v) is 2.62. The van der Waals surface area contributed by atoms with Gasteiger partial charge in [0.1, 0.15) is 6.10 Å². The standard InChI is InChI=1S/C20H22FNO5/c1-12(9-10-23)19(15-5-8-18(25)17(21)11-15)27-20(26)22-16-6-3-14(4-7-16)13(2)24/h3-8,11-12,19,23,25H,9-10H2,1-2H3,(H,22,26)/t12-,19+/m0/s1. The molecule has 0 aliphatic rings. The van der Waals surface area contributed by atoms with Crippen molar-refractivity contribution < 1.29 is 28.9 Å². The average molecular weight is 375 g/mol. The van der Waals surface area contributed by atoms with E-state index < -0.39 is 23.8 Å². The van der Waals surface area contributed by atoms with Crippen molar-refractivity contribution in [3.05, 3.63) is 59.4 Å². The average Bonchev–Trinajstić information content (AvgIpc) is 2.62. The van der Waals surface area contributed by atoms with E-state index in [1.807, 2.05) is 0 Å². The molecular formula is C20H22FNO5. The lowest BCUT2D eigenvalue weighted by Crippen LogP contribution is -2.22. The molecule has 0 aromatic heterocycles. The summed E-state index contributed by atoms with van der Waals surface area (Å²) in [6.45, 7) is 3.09. The zero-order valence-electron chi connectivity index (χ0n) is 15.1. The van der Waals surface area contributed by atoms with E-state index in [0.29, 0.717) is 23.2 Å². The van der Waals surface area contributed by atoms with E-state index in [1.165, 1.54) is 19.1 Å². The van der Waals surface area contributed by atoms with Crippen LogP contribution in [-0.4, -0.2) is 28.7 Å². The van der Waals surface area contributed by atoms with Crippen LogP contribution in [0.4, 0.5) is 14.9 Å². The largest absolute Gasteiger partial charge is 0.505 e. The molecule has 3 N–H and O–H groups in total. The maximum absolute atomic E-state index is 13.7. The normalized spacial score (nSPS) is 12.9. The first-order chi connectivity index (χ1) is 12.8. The highest BCUT2D eigenvalue weighted by atomic mass is 19.1. The first kappa shape index (κ1) is 20.4. The molecule has 0 fully saturated rings. The number of phenolic OH excluding ortho intramolecular Hbond substituents is 1.